The number of pyridine rings is 2. The summed E-state index contributed by atoms with van der Waals surface area (Å²) in [5.74, 6) is 0. The molecule has 0 fully saturated rings. The van der Waals surface area contributed by atoms with Crippen LogP contribution in [-0.4, -0.2) is 15.8 Å². The Labute approximate surface area is 134 Å². The molecule has 0 saturated carbocycles. The van der Waals surface area contributed by atoms with E-state index in [2.05, 4.69) is 11.9 Å². The third kappa shape index (κ3) is 2.80. The highest BCUT2D eigenvalue weighted by molar-refractivity contribution is 5.99. The van der Waals surface area contributed by atoms with Crippen molar-refractivity contribution >= 4 is 17.1 Å². The Morgan fingerprint density at radius 1 is 1.13 bits per heavy atom. The standard InChI is InChI=1S/C19H18N2O2/c1-2-3-10-21-12-18(15-7-5-4-6-14(15)13-22)16-8-9-20-11-17(16)19(21)23/h4-9,11-13H,2-3,10H2,1H3. The molecule has 0 saturated heterocycles. The summed E-state index contributed by atoms with van der Waals surface area (Å²) in [4.78, 5) is 28.1. The van der Waals surface area contributed by atoms with Gasteiger partial charge in [0.1, 0.15) is 0 Å². The molecule has 116 valence electrons. The summed E-state index contributed by atoms with van der Waals surface area (Å²) in [6, 6.07) is 9.27. The van der Waals surface area contributed by atoms with E-state index in [1.165, 1.54) is 0 Å². The summed E-state index contributed by atoms with van der Waals surface area (Å²) in [6.45, 7) is 2.76. The predicted octanol–water partition coefficient (Wildman–Crippen LogP) is 3.68. The first-order chi connectivity index (χ1) is 11.3. The van der Waals surface area contributed by atoms with E-state index in [9.17, 15) is 9.59 Å². The second-order valence-corrected chi connectivity index (χ2v) is 5.52. The van der Waals surface area contributed by atoms with Gasteiger partial charge in [-0.1, -0.05) is 37.6 Å². The summed E-state index contributed by atoms with van der Waals surface area (Å²) >= 11 is 0. The number of nitrogens with zero attached hydrogens (tertiary/aromatic N) is 2. The topological polar surface area (TPSA) is 52.0 Å². The first-order valence-corrected chi connectivity index (χ1v) is 7.78. The van der Waals surface area contributed by atoms with E-state index in [0.717, 1.165) is 35.6 Å². The van der Waals surface area contributed by atoms with Crippen LogP contribution in [0.1, 0.15) is 30.1 Å². The fraction of sp³-hybridized carbons (Fsp3) is 0.211. The highest BCUT2D eigenvalue weighted by Crippen LogP contribution is 2.28. The molecule has 0 unspecified atom stereocenters. The van der Waals surface area contributed by atoms with Gasteiger partial charge in [0.2, 0.25) is 0 Å². The summed E-state index contributed by atoms with van der Waals surface area (Å²) in [5, 5.41) is 1.41. The zero-order chi connectivity index (χ0) is 16.2. The van der Waals surface area contributed by atoms with Gasteiger partial charge < -0.3 is 4.57 Å². The Bertz CT molecular complexity index is 913. The molecule has 1 aromatic carbocycles. The zero-order valence-electron chi connectivity index (χ0n) is 13.0. The van der Waals surface area contributed by atoms with E-state index in [4.69, 9.17) is 0 Å². The van der Waals surface area contributed by atoms with Crippen molar-refractivity contribution in [3.8, 4) is 11.1 Å². The third-order valence-electron chi connectivity index (χ3n) is 4.02. The fourth-order valence-electron chi connectivity index (χ4n) is 2.79. The van der Waals surface area contributed by atoms with E-state index in [1.807, 2.05) is 30.5 Å². The maximum atomic E-state index is 12.6. The molecule has 0 spiro atoms. The van der Waals surface area contributed by atoms with Crippen LogP contribution in [0.25, 0.3) is 21.9 Å². The second-order valence-electron chi connectivity index (χ2n) is 5.52. The molecule has 0 radical (unpaired) electrons. The number of fused-ring (bicyclic) bond motifs is 1. The Balaban J connectivity index is 2.33. The number of unbranched alkanes of at least 4 members (excludes halogenated alkanes) is 1. The fourth-order valence-corrected chi connectivity index (χ4v) is 2.79. The Kier molecular flexibility index (Phi) is 4.33. The van der Waals surface area contributed by atoms with Crippen molar-refractivity contribution in [1.29, 1.82) is 0 Å². The van der Waals surface area contributed by atoms with Crippen molar-refractivity contribution in [2.45, 2.75) is 26.3 Å². The largest absolute Gasteiger partial charge is 0.314 e. The van der Waals surface area contributed by atoms with Crippen molar-refractivity contribution < 1.29 is 4.79 Å². The minimum absolute atomic E-state index is 0.0334. The molecule has 0 aliphatic carbocycles. The number of aryl methyl sites for hydroxylation is 1. The molecular weight excluding hydrogens is 288 g/mol. The first kappa shape index (κ1) is 15.2. The Hall–Kier alpha value is -2.75. The third-order valence-corrected chi connectivity index (χ3v) is 4.02. The molecule has 3 rings (SSSR count). The maximum Gasteiger partial charge on any atom is 0.260 e. The van der Waals surface area contributed by atoms with Gasteiger partial charge in [-0.3, -0.25) is 14.6 Å². The SMILES string of the molecule is CCCCn1cc(-c2ccccc2C=O)c2ccncc2c1=O. The average Bonchev–Trinajstić information content (AvgIpc) is 2.61. The van der Waals surface area contributed by atoms with Crippen molar-refractivity contribution in [1.82, 2.24) is 9.55 Å². The van der Waals surface area contributed by atoms with Crippen LogP contribution in [0.15, 0.2) is 53.7 Å². The summed E-state index contributed by atoms with van der Waals surface area (Å²) < 4.78 is 1.73. The molecule has 4 nitrogen and oxygen atoms in total. The molecular formula is C19H18N2O2. The molecule has 4 heteroatoms. The highest BCUT2D eigenvalue weighted by atomic mass is 16.1. The summed E-state index contributed by atoms with van der Waals surface area (Å²) in [5.41, 5.74) is 2.31. The number of hydrogen-bond donors (Lipinski definition) is 0. The Morgan fingerprint density at radius 3 is 2.74 bits per heavy atom. The van der Waals surface area contributed by atoms with Gasteiger partial charge in [0.05, 0.1) is 5.39 Å². The monoisotopic (exact) mass is 306 g/mol. The number of rotatable bonds is 5. The van der Waals surface area contributed by atoms with Crippen LogP contribution in [0, 0.1) is 0 Å². The van der Waals surface area contributed by atoms with Crippen molar-refractivity contribution in [2.24, 2.45) is 0 Å². The molecule has 3 aromatic rings. The van der Waals surface area contributed by atoms with Crippen LogP contribution < -0.4 is 5.56 Å². The lowest BCUT2D eigenvalue weighted by atomic mass is 9.97. The van der Waals surface area contributed by atoms with E-state index < -0.39 is 0 Å². The van der Waals surface area contributed by atoms with Gasteiger partial charge in [0, 0.05) is 36.3 Å². The molecule has 0 bridgehead atoms. The van der Waals surface area contributed by atoms with Crippen molar-refractivity contribution in [3.63, 3.8) is 0 Å². The smallest absolute Gasteiger partial charge is 0.260 e. The van der Waals surface area contributed by atoms with Crippen LogP contribution in [-0.2, 0) is 6.54 Å². The van der Waals surface area contributed by atoms with Crippen molar-refractivity contribution in [3.05, 3.63) is 64.8 Å². The van der Waals surface area contributed by atoms with E-state index >= 15 is 0 Å². The van der Waals surface area contributed by atoms with E-state index in [0.29, 0.717) is 17.5 Å². The lowest BCUT2D eigenvalue weighted by Crippen LogP contribution is -2.20. The van der Waals surface area contributed by atoms with E-state index in [1.54, 1.807) is 23.0 Å². The van der Waals surface area contributed by atoms with Gasteiger partial charge in [-0.05, 0) is 23.4 Å². The van der Waals surface area contributed by atoms with Crippen LogP contribution in [0.4, 0.5) is 0 Å². The van der Waals surface area contributed by atoms with E-state index in [-0.39, 0.29) is 5.56 Å². The minimum Gasteiger partial charge on any atom is -0.314 e. The lowest BCUT2D eigenvalue weighted by molar-refractivity contribution is 0.112. The molecule has 0 aliphatic heterocycles. The van der Waals surface area contributed by atoms with Crippen LogP contribution in [0.2, 0.25) is 0 Å². The number of carbonyl (C=O) groups excluding carboxylic acids is 1. The molecule has 2 aromatic heterocycles. The molecule has 23 heavy (non-hydrogen) atoms. The van der Waals surface area contributed by atoms with Gasteiger partial charge >= 0.3 is 0 Å². The predicted molar refractivity (Wildman–Crippen MR) is 91.7 cm³/mol. The number of benzene rings is 1. The quantitative estimate of drug-likeness (QED) is 0.676. The molecule has 2 heterocycles. The van der Waals surface area contributed by atoms with Gasteiger partial charge in [-0.2, -0.15) is 0 Å². The number of carbonyl (C=O) groups is 1. The lowest BCUT2D eigenvalue weighted by Gasteiger charge is -2.13. The van der Waals surface area contributed by atoms with Crippen LogP contribution in [0.3, 0.4) is 0 Å². The normalized spacial score (nSPS) is 10.8. The minimum atomic E-state index is -0.0334. The van der Waals surface area contributed by atoms with Crippen LogP contribution >= 0.6 is 0 Å². The van der Waals surface area contributed by atoms with Gasteiger partial charge in [-0.15, -0.1) is 0 Å². The second kappa shape index (κ2) is 6.57. The number of hydrogen-bond acceptors (Lipinski definition) is 3. The van der Waals surface area contributed by atoms with Crippen LogP contribution in [0.5, 0.6) is 0 Å². The average molecular weight is 306 g/mol. The number of aldehydes is 1. The van der Waals surface area contributed by atoms with Gasteiger partial charge in [0.15, 0.2) is 6.29 Å². The Morgan fingerprint density at radius 2 is 1.96 bits per heavy atom. The maximum absolute atomic E-state index is 12.6. The molecule has 0 atom stereocenters. The van der Waals surface area contributed by atoms with Gasteiger partial charge in [0.25, 0.3) is 5.56 Å². The molecule has 0 N–H and O–H groups in total. The summed E-state index contributed by atoms with van der Waals surface area (Å²) in [6.07, 6.45) is 7.93. The molecule has 0 aliphatic rings. The molecule has 0 amide bonds. The highest BCUT2D eigenvalue weighted by Gasteiger charge is 2.12. The van der Waals surface area contributed by atoms with Crippen molar-refractivity contribution in [2.75, 3.05) is 0 Å². The number of aromatic nitrogens is 2. The summed E-state index contributed by atoms with van der Waals surface area (Å²) in [7, 11) is 0. The first-order valence-electron chi connectivity index (χ1n) is 7.78. The van der Waals surface area contributed by atoms with Gasteiger partial charge in [-0.25, -0.2) is 0 Å². The zero-order valence-corrected chi connectivity index (χ0v) is 13.0.